The van der Waals surface area contributed by atoms with Crippen LogP contribution in [0.5, 0.6) is 5.75 Å². The van der Waals surface area contributed by atoms with Crippen LogP contribution in [0.15, 0.2) is 36.4 Å². The van der Waals surface area contributed by atoms with Crippen molar-refractivity contribution in [1.29, 1.82) is 0 Å². The quantitative estimate of drug-likeness (QED) is 0.321. The van der Waals surface area contributed by atoms with Crippen molar-refractivity contribution in [2.45, 2.75) is 19.8 Å². The van der Waals surface area contributed by atoms with Crippen molar-refractivity contribution < 1.29 is 39.5 Å². The maximum absolute atomic E-state index is 14.5. The smallest absolute Gasteiger partial charge is 0.343 e. The summed E-state index contributed by atoms with van der Waals surface area (Å²) >= 11 is 6.12. The lowest BCUT2D eigenvalue weighted by Crippen LogP contribution is -2.40. The third kappa shape index (κ3) is 6.39. The molecule has 0 saturated carbocycles. The van der Waals surface area contributed by atoms with E-state index in [2.05, 4.69) is 0 Å². The molecule has 2 rings (SSSR count). The predicted molar refractivity (Wildman–Crippen MR) is 119 cm³/mol. The molecular weight excluding hydrogens is 507 g/mol. The average Bonchev–Trinajstić information content (AvgIpc) is 2.75. The van der Waals surface area contributed by atoms with Crippen molar-refractivity contribution in [2.75, 3.05) is 28.6 Å². The Hall–Kier alpha value is -2.31. The van der Waals surface area contributed by atoms with Gasteiger partial charge in [-0.3, -0.25) is 8.78 Å². The first-order valence-electron chi connectivity index (χ1n) is 9.60. The van der Waals surface area contributed by atoms with Crippen LogP contribution in [0.4, 0.5) is 18.9 Å². The van der Waals surface area contributed by atoms with E-state index in [9.17, 15) is 34.8 Å². The normalized spacial score (nSPS) is 11.9. The van der Waals surface area contributed by atoms with Gasteiger partial charge < -0.3 is 4.74 Å². The van der Waals surface area contributed by atoms with Gasteiger partial charge in [0.25, 0.3) is 0 Å². The third-order valence-corrected chi connectivity index (χ3v) is 9.10. The molecule has 0 fully saturated rings. The Labute approximate surface area is 195 Å². The molecule has 0 spiro atoms. The van der Waals surface area contributed by atoms with E-state index >= 15 is 0 Å². The number of carbonyl (C=O) groups is 1. The van der Waals surface area contributed by atoms with Crippen molar-refractivity contribution in [3.05, 3.63) is 58.4 Å². The Morgan fingerprint density at radius 2 is 1.52 bits per heavy atom. The Morgan fingerprint density at radius 3 is 2.03 bits per heavy atom. The first-order chi connectivity index (χ1) is 15.5. The maximum atomic E-state index is 14.5. The number of hydrogen-bond acceptors (Lipinski definition) is 6. The molecule has 0 aliphatic rings. The zero-order valence-corrected chi connectivity index (χ0v) is 19.8. The number of benzene rings is 2. The second kappa shape index (κ2) is 11.2. The molecule has 0 aliphatic heterocycles. The second-order valence-corrected chi connectivity index (χ2v) is 11.3. The number of nitrogens with zero attached hydrogens (tertiary/aromatic N) is 1. The van der Waals surface area contributed by atoms with Crippen molar-refractivity contribution >= 4 is 43.3 Å². The molecule has 2 aromatic carbocycles. The number of rotatable bonds is 11. The number of anilines is 1. The Bertz CT molecular complexity index is 1180. The highest BCUT2D eigenvalue weighted by molar-refractivity contribution is 8.10. The number of ether oxygens (including phenoxy) is 1. The largest absolute Gasteiger partial charge is 0.418 e. The number of sulfonamides is 2. The van der Waals surface area contributed by atoms with E-state index in [1.807, 2.05) is 0 Å². The number of aryl methyl sites for hydroxylation is 1. The molecule has 0 saturated heterocycles. The number of esters is 1. The van der Waals surface area contributed by atoms with E-state index in [1.54, 1.807) is 19.1 Å². The molecule has 182 valence electrons. The van der Waals surface area contributed by atoms with Crippen LogP contribution in [-0.2, 0) is 20.0 Å². The summed E-state index contributed by atoms with van der Waals surface area (Å²) in [7, 11) is -9.46. The Kier molecular flexibility index (Phi) is 9.15. The monoisotopic (exact) mass is 527 g/mol. The third-order valence-electron chi connectivity index (χ3n) is 4.36. The van der Waals surface area contributed by atoms with Crippen LogP contribution in [0.2, 0.25) is 5.02 Å². The van der Waals surface area contributed by atoms with E-state index < -0.39 is 86.0 Å². The Balaban J connectivity index is 2.61. The summed E-state index contributed by atoms with van der Waals surface area (Å²) in [6.45, 7) is -0.496. The zero-order valence-electron chi connectivity index (χ0n) is 17.4. The fraction of sp³-hybridized carbons (Fsp3) is 0.350. The molecule has 0 N–H and O–H groups in total. The summed E-state index contributed by atoms with van der Waals surface area (Å²) in [5.74, 6) is -4.89. The summed E-state index contributed by atoms with van der Waals surface area (Å²) in [5, 5.41) is -0.815. The van der Waals surface area contributed by atoms with Crippen molar-refractivity contribution in [1.82, 2.24) is 0 Å². The fourth-order valence-electron chi connectivity index (χ4n) is 2.82. The molecule has 0 amide bonds. The number of halogens is 4. The van der Waals surface area contributed by atoms with E-state index in [1.165, 1.54) is 12.1 Å². The van der Waals surface area contributed by atoms with Gasteiger partial charge in [-0.15, -0.1) is 0 Å². The van der Waals surface area contributed by atoms with Gasteiger partial charge in [0.2, 0.25) is 20.0 Å². The standard InChI is InChI=1S/C20H21ClF3NO6S2/c1-14-6-2-3-7-15(14)20(26)31-19-16(24)8-9-17(18(19)21)25(32(27,28)12-4-10-22)33(29,30)13-5-11-23/h2-3,6-9H,4-5,10-13H2,1H3. The molecule has 0 radical (unpaired) electrons. The number of alkyl halides is 2. The van der Waals surface area contributed by atoms with E-state index in [-0.39, 0.29) is 9.27 Å². The van der Waals surface area contributed by atoms with Crippen LogP contribution in [0.3, 0.4) is 0 Å². The number of hydrogen-bond donors (Lipinski definition) is 0. The van der Waals surface area contributed by atoms with Crippen LogP contribution in [-0.4, -0.2) is 47.7 Å². The minimum atomic E-state index is -4.73. The second-order valence-electron chi connectivity index (χ2n) is 6.83. The first-order valence-corrected chi connectivity index (χ1v) is 13.2. The van der Waals surface area contributed by atoms with Crippen molar-refractivity contribution in [2.24, 2.45) is 0 Å². The molecule has 0 aliphatic carbocycles. The highest BCUT2D eigenvalue weighted by atomic mass is 35.5. The van der Waals surface area contributed by atoms with Crippen LogP contribution >= 0.6 is 11.6 Å². The van der Waals surface area contributed by atoms with E-state index in [0.29, 0.717) is 11.6 Å². The highest BCUT2D eigenvalue weighted by Crippen LogP contribution is 2.40. The topological polar surface area (TPSA) is 97.8 Å². The average molecular weight is 528 g/mol. The van der Waals surface area contributed by atoms with Gasteiger partial charge in [0.05, 0.1) is 36.1 Å². The van der Waals surface area contributed by atoms with Gasteiger partial charge in [0.1, 0.15) is 5.02 Å². The summed E-state index contributed by atoms with van der Waals surface area (Å²) < 4.78 is 95.7. The van der Waals surface area contributed by atoms with Gasteiger partial charge in [-0.2, -0.15) is 3.71 Å². The number of carbonyl (C=O) groups excluding carboxylic acids is 1. The summed E-state index contributed by atoms with van der Waals surface area (Å²) in [5.41, 5.74) is -0.163. The SMILES string of the molecule is Cc1ccccc1C(=O)Oc1c(F)ccc(N(S(=O)(=O)CCCF)S(=O)(=O)CCCF)c1Cl. The minimum absolute atomic E-state index is 0.0707. The highest BCUT2D eigenvalue weighted by Gasteiger charge is 2.36. The van der Waals surface area contributed by atoms with E-state index in [4.69, 9.17) is 16.3 Å². The van der Waals surface area contributed by atoms with Gasteiger partial charge in [0.15, 0.2) is 11.6 Å². The first kappa shape index (κ1) is 26.9. The van der Waals surface area contributed by atoms with Crippen molar-refractivity contribution in [3.8, 4) is 5.75 Å². The van der Waals surface area contributed by atoms with Crippen LogP contribution in [0, 0.1) is 12.7 Å². The Morgan fingerprint density at radius 1 is 0.970 bits per heavy atom. The zero-order chi connectivity index (χ0) is 24.8. The van der Waals surface area contributed by atoms with Crippen LogP contribution in [0.25, 0.3) is 0 Å². The summed E-state index contributed by atoms with van der Waals surface area (Å²) in [6, 6.07) is 7.63. The fourth-order valence-corrected chi connectivity index (χ4v) is 7.21. The lowest BCUT2D eigenvalue weighted by atomic mass is 10.1. The molecular formula is C20H21ClF3NO6S2. The molecule has 13 heteroatoms. The van der Waals surface area contributed by atoms with Gasteiger partial charge in [-0.25, -0.2) is 26.0 Å². The van der Waals surface area contributed by atoms with Gasteiger partial charge >= 0.3 is 5.97 Å². The summed E-state index contributed by atoms with van der Waals surface area (Å²) in [4.78, 5) is 12.5. The van der Waals surface area contributed by atoms with E-state index in [0.717, 1.165) is 6.07 Å². The molecule has 33 heavy (non-hydrogen) atoms. The maximum Gasteiger partial charge on any atom is 0.343 e. The minimum Gasteiger partial charge on any atom is -0.418 e. The van der Waals surface area contributed by atoms with Gasteiger partial charge in [-0.1, -0.05) is 29.8 Å². The molecule has 2 aromatic rings. The van der Waals surface area contributed by atoms with Crippen LogP contribution < -0.4 is 8.45 Å². The van der Waals surface area contributed by atoms with Crippen molar-refractivity contribution in [3.63, 3.8) is 0 Å². The van der Waals surface area contributed by atoms with Crippen LogP contribution in [0.1, 0.15) is 28.8 Å². The summed E-state index contributed by atoms with van der Waals surface area (Å²) in [6.07, 6.45) is -1.04. The van der Waals surface area contributed by atoms with Gasteiger partial charge in [-0.05, 0) is 43.5 Å². The molecule has 0 bridgehead atoms. The lowest BCUT2D eigenvalue weighted by molar-refractivity contribution is 0.0727. The molecule has 0 aromatic heterocycles. The molecule has 0 heterocycles. The molecule has 0 unspecified atom stereocenters. The molecule has 7 nitrogen and oxygen atoms in total. The molecule has 0 atom stereocenters. The predicted octanol–water partition coefficient (Wildman–Crippen LogP) is 4.19. The van der Waals surface area contributed by atoms with Gasteiger partial charge in [0, 0.05) is 0 Å². The lowest BCUT2D eigenvalue weighted by Gasteiger charge is -2.25.